The van der Waals surface area contributed by atoms with Crippen LogP contribution in [-0.2, 0) is 22.6 Å². The van der Waals surface area contributed by atoms with Gasteiger partial charge in [-0.3, -0.25) is 4.79 Å². The molecule has 8 heteroatoms. The van der Waals surface area contributed by atoms with E-state index in [4.69, 9.17) is 16.3 Å². The molecule has 0 saturated heterocycles. The van der Waals surface area contributed by atoms with Gasteiger partial charge in [-0.1, -0.05) is 55.1 Å². The first kappa shape index (κ1) is 20.6. The minimum Gasteiger partial charge on any atom is -0.465 e. The number of carbonyl (C=O) groups is 1. The van der Waals surface area contributed by atoms with Crippen LogP contribution in [0.5, 0.6) is 0 Å². The molecular weight excluding hydrogens is 402 g/mol. The molecule has 158 valence electrons. The number of carbonyl (C=O) groups excluding carboxylic acids is 1. The van der Waals surface area contributed by atoms with Crippen LogP contribution in [0.25, 0.3) is 11.2 Å². The number of esters is 1. The van der Waals surface area contributed by atoms with Gasteiger partial charge in [0.2, 0.25) is 5.95 Å². The van der Waals surface area contributed by atoms with Crippen molar-refractivity contribution in [2.24, 2.45) is 0 Å². The molecule has 2 aromatic heterocycles. The van der Waals surface area contributed by atoms with Crippen molar-refractivity contribution >= 4 is 34.7 Å². The Morgan fingerprint density at radius 2 is 1.97 bits per heavy atom. The number of benzene rings is 1. The third-order valence-electron chi connectivity index (χ3n) is 5.53. The largest absolute Gasteiger partial charge is 0.465 e. The Hall–Kier alpha value is -2.67. The van der Waals surface area contributed by atoms with Gasteiger partial charge in [-0.2, -0.15) is 9.97 Å². The fourth-order valence-corrected chi connectivity index (χ4v) is 4.19. The summed E-state index contributed by atoms with van der Waals surface area (Å²) >= 11 is 6.28. The Bertz CT molecular complexity index is 1010. The smallest absolute Gasteiger partial charge is 0.326 e. The molecule has 0 unspecified atom stereocenters. The lowest BCUT2D eigenvalue weighted by Gasteiger charge is -2.22. The number of halogens is 1. The van der Waals surface area contributed by atoms with Crippen molar-refractivity contribution in [1.82, 2.24) is 19.5 Å². The summed E-state index contributed by atoms with van der Waals surface area (Å²) in [7, 11) is 0. The molecule has 1 N–H and O–H groups in total. The summed E-state index contributed by atoms with van der Waals surface area (Å²) in [5.74, 6) is 0.749. The summed E-state index contributed by atoms with van der Waals surface area (Å²) in [5.41, 5.74) is 3.54. The van der Waals surface area contributed by atoms with E-state index in [2.05, 4.69) is 44.5 Å². The van der Waals surface area contributed by atoms with Crippen molar-refractivity contribution in [1.29, 1.82) is 0 Å². The maximum atomic E-state index is 11.8. The van der Waals surface area contributed by atoms with Crippen LogP contribution >= 0.6 is 11.6 Å². The van der Waals surface area contributed by atoms with Gasteiger partial charge >= 0.3 is 5.97 Å². The lowest BCUT2D eigenvalue weighted by molar-refractivity contribution is -0.143. The number of nitrogens with zero attached hydrogens (tertiary/aromatic N) is 4. The molecule has 2 heterocycles. The van der Waals surface area contributed by atoms with Crippen molar-refractivity contribution in [2.45, 2.75) is 58.0 Å². The highest BCUT2D eigenvalue weighted by Gasteiger charge is 2.16. The van der Waals surface area contributed by atoms with Gasteiger partial charge in [0.25, 0.3) is 0 Å². The summed E-state index contributed by atoms with van der Waals surface area (Å²) in [4.78, 5) is 24.8. The first-order valence-electron chi connectivity index (χ1n) is 10.5. The lowest BCUT2D eigenvalue weighted by atomic mass is 9.84. The molecule has 7 nitrogen and oxygen atoms in total. The summed E-state index contributed by atoms with van der Waals surface area (Å²) < 4.78 is 6.62. The number of fused-ring (bicyclic) bond motifs is 1. The molecule has 4 rings (SSSR count). The van der Waals surface area contributed by atoms with Crippen LogP contribution in [0.3, 0.4) is 0 Å². The van der Waals surface area contributed by atoms with E-state index in [0.717, 1.165) is 5.56 Å². The van der Waals surface area contributed by atoms with Gasteiger partial charge < -0.3 is 14.6 Å². The molecule has 1 aliphatic carbocycles. The van der Waals surface area contributed by atoms with E-state index in [0.29, 0.717) is 36.2 Å². The van der Waals surface area contributed by atoms with Gasteiger partial charge in [0.05, 0.1) is 12.9 Å². The highest BCUT2D eigenvalue weighted by molar-refractivity contribution is 6.33. The highest BCUT2D eigenvalue weighted by atomic mass is 35.5. The topological polar surface area (TPSA) is 81.9 Å². The quantitative estimate of drug-likeness (QED) is 0.434. The van der Waals surface area contributed by atoms with Crippen molar-refractivity contribution < 1.29 is 9.53 Å². The molecule has 1 fully saturated rings. The van der Waals surface area contributed by atoms with Crippen LogP contribution in [0.2, 0.25) is 5.15 Å². The average Bonchev–Trinajstić information content (AvgIpc) is 3.16. The minimum absolute atomic E-state index is 0.0275. The van der Waals surface area contributed by atoms with E-state index in [1.165, 1.54) is 44.0 Å². The summed E-state index contributed by atoms with van der Waals surface area (Å²) in [6, 6.07) is 8.78. The van der Waals surface area contributed by atoms with Crippen LogP contribution in [0, 0.1) is 0 Å². The Morgan fingerprint density at radius 3 is 2.70 bits per heavy atom. The van der Waals surface area contributed by atoms with Crippen LogP contribution in [0.4, 0.5) is 5.95 Å². The number of imidazole rings is 1. The van der Waals surface area contributed by atoms with Crippen LogP contribution < -0.4 is 5.32 Å². The Morgan fingerprint density at radius 1 is 1.20 bits per heavy atom. The molecule has 0 amide bonds. The second-order valence-corrected chi connectivity index (χ2v) is 7.98. The Labute approximate surface area is 180 Å². The van der Waals surface area contributed by atoms with Gasteiger partial charge in [0, 0.05) is 6.54 Å². The number of anilines is 1. The predicted octanol–water partition coefficient (Wildman–Crippen LogP) is 4.70. The maximum Gasteiger partial charge on any atom is 0.326 e. The number of aromatic nitrogens is 4. The summed E-state index contributed by atoms with van der Waals surface area (Å²) in [6.45, 7) is 2.71. The first-order valence-corrected chi connectivity index (χ1v) is 10.9. The number of nitrogens with one attached hydrogen (secondary N) is 1. The molecule has 0 atom stereocenters. The lowest BCUT2D eigenvalue weighted by Crippen LogP contribution is -2.13. The van der Waals surface area contributed by atoms with Crippen LogP contribution in [0.15, 0.2) is 30.6 Å². The van der Waals surface area contributed by atoms with Gasteiger partial charge in [-0.15, -0.1) is 0 Å². The zero-order chi connectivity index (χ0) is 20.9. The van der Waals surface area contributed by atoms with Crippen LogP contribution in [-0.4, -0.2) is 32.1 Å². The van der Waals surface area contributed by atoms with Crippen molar-refractivity contribution in [3.05, 3.63) is 46.9 Å². The SMILES string of the molecule is CCOC(=O)Cn1cnc2c(Cl)nc(NCc3ccc(C4CCCCC4)cc3)nc21. The van der Waals surface area contributed by atoms with E-state index in [1.54, 1.807) is 11.5 Å². The highest BCUT2D eigenvalue weighted by Crippen LogP contribution is 2.32. The van der Waals surface area contributed by atoms with Crippen LogP contribution in [0.1, 0.15) is 56.1 Å². The second kappa shape index (κ2) is 9.43. The first-order chi connectivity index (χ1) is 14.6. The van der Waals surface area contributed by atoms with Crippen molar-refractivity contribution in [3.63, 3.8) is 0 Å². The molecule has 1 saturated carbocycles. The van der Waals surface area contributed by atoms with E-state index in [1.807, 2.05) is 0 Å². The second-order valence-electron chi connectivity index (χ2n) is 7.62. The molecule has 0 aliphatic heterocycles. The van der Waals surface area contributed by atoms with Gasteiger partial charge in [-0.25, -0.2) is 4.98 Å². The molecule has 1 aliphatic rings. The van der Waals surface area contributed by atoms with E-state index in [9.17, 15) is 4.79 Å². The zero-order valence-electron chi connectivity index (χ0n) is 17.1. The van der Waals surface area contributed by atoms with E-state index < -0.39 is 0 Å². The number of hydrogen-bond donors (Lipinski definition) is 1. The normalized spacial score (nSPS) is 14.7. The average molecular weight is 428 g/mol. The third kappa shape index (κ3) is 4.73. The molecule has 0 radical (unpaired) electrons. The van der Waals surface area contributed by atoms with E-state index >= 15 is 0 Å². The fourth-order valence-electron chi connectivity index (χ4n) is 3.97. The van der Waals surface area contributed by atoms with Gasteiger partial charge in [0.15, 0.2) is 10.8 Å². The van der Waals surface area contributed by atoms with E-state index in [-0.39, 0.29) is 17.7 Å². The molecule has 30 heavy (non-hydrogen) atoms. The monoisotopic (exact) mass is 427 g/mol. The number of ether oxygens (including phenoxy) is 1. The molecule has 3 aromatic rings. The zero-order valence-corrected chi connectivity index (χ0v) is 17.9. The third-order valence-corrected chi connectivity index (χ3v) is 5.80. The van der Waals surface area contributed by atoms with Gasteiger partial charge in [-0.05, 0) is 36.8 Å². The number of hydrogen-bond acceptors (Lipinski definition) is 6. The Kier molecular flexibility index (Phi) is 6.47. The molecular formula is C22H26ClN5O2. The summed E-state index contributed by atoms with van der Waals surface area (Å²) in [6.07, 6.45) is 8.15. The van der Waals surface area contributed by atoms with Gasteiger partial charge in [0.1, 0.15) is 12.1 Å². The molecule has 0 bridgehead atoms. The minimum atomic E-state index is -0.348. The fraction of sp³-hybridized carbons (Fsp3) is 0.455. The summed E-state index contributed by atoms with van der Waals surface area (Å²) in [5, 5.41) is 3.47. The Balaban J connectivity index is 1.45. The molecule has 1 aromatic carbocycles. The maximum absolute atomic E-state index is 11.8. The predicted molar refractivity (Wildman–Crippen MR) is 117 cm³/mol. The molecule has 0 spiro atoms. The van der Waals surface area contributed by atoms with Crippen molar-refractivity contribution in [3.8, 4) is 0 Å². The van der Waals surface area contributed by atoms with Crippen molar-refractivity contribution in [2.75, 3.05) is 11.9 Å². The number of rotatable bonds is 7. The standard InChI is InChI=1S/C22H26ClN5O2/c1-2-30-18(29)13-28-14-25-19-20(23)26-22(27-21(19)28)24-12-15-8-10-17(11-9-15)16-6-4-3-5-7-16/h8-11,14,16H,2-7,12-13H2,1H3,(H,24,26,27).